The molecule has 0 atom stereocenters. The normalized spacial score (nSPS) is 11.2. The fraction of sp³-hybridized carbons (Fsp3) is 0.300. The van der Waals surface area contributed by atoms with Crippen LogP contribution in [0.25, 0.3) is 0 Å². The summed E-state index contributed by atoms with van der Waals surface area (Å²) in [5, 5.41) is 13.4. The van der Waals surface area contributed by atoms with Crippen molar-refractivity contribution in [1.29, 1.82) is 0 Å². The Morgan fingerprint density at radius 1 is 1.62 bits per heavy atom. The number of nitrogens with two attached hydrogens (primary N) is 1. The molecular weight excluding hydrogens is 208 g/mol. The van der Waals surface area contributed by atoms with Gasteiger partial charge in [-0.15, -0.1) is 0 Å². The fourth-order valence-corrected chi connectivity index (χ4v) is 1.18. The third kappa shape index (κ3) is 3.56. The van der Waals surface area contributed by atoms with Crippen molar-refractivity contribution >= 4 is 11.6 Å². The first kappa shape index (κ1) is 12.0. The predicted octanol–water partition coefficient (Wildman–Crippen LogP) is 1.02. The van der Waals surface area contributed by atoms with E-state index in [0.717, 1.165) is 5.56 Å². The molecular formula is C10H14N4O2. The van der Waals surface area contributed by atoms with E-state index in [1.165, 1.54) is 12.1 Å². The summed E-state index contributed by atoms with van der Waals surface area (Å²) in [6.45, 7) is 2.94. The number of benzene rings is 1. The Bertz CT molecular complexity index is 404. The van der Waals surface area contributed by atoms with E-state index in [9.17, 15) is 10.1 Å². The molecule has 0 unspecified atom stereocenters. The van der Waals surface area contributed by atoms with Crippen molar-refractivity contribution in [1.82, 2.24) is 5.32 Å². The average molecular weight is 222 g/mol. The predicted molar refractivity (Wildman–Crippen MR) is 62.1 cm³/mol. The summed E-state index contributed by atoms with van der Waals surface area (Å²) in [5.74, 6) is 0.342. The van der Waals surface area contributed by atoms with Crippen LogP contribution in [0, 0.1) is 10.1 Å². The molecule has 0 aliphatic rings. The Hall–Kier alpha value is -2.11. The first-order chi connectivity index (χ1) is 7.63. The van der Waals surface area contributed by atoms with Gasteiger partial charge in [0.1, 0.15) is 0 Å². The van der Waals surface area contributed by atoms with Gasteiger partial charge in [0.15, 0.2) is 5.96 Å². The quantitative estimate of drug-likeness (QED) is 0.344. The van der Waals surface area contributed by atoms with Gasteiger partial charge >= 0.3 is 0 Å². The summed E-state index contributed by atoms with van der Waals surface area (Å²) in [6.07, 6.45) is 0. The maximum atomic E-state index is 10.5. The van der Waals surface area contributed by atoms with E-state index in [1.54, 1.807) is 12.1 Å². The number of nitrogens with one attached hydrogen (secondary N) is 1. The molecule has 86 valence electrons. The van der Waals surface area contributed by atoms with Crippen LogP contribution in [-0.2, 0) is 6.54 Å². The summed E-state index contributed by atoms with van der Waals surface area (Å²) in [4.78, 5) is 14.1. The highest BCUT2D eigenvalue weighted by Crippen LogP contribution is 2.13. The van der Waals surface area contributed by atoms with Crippen molar-refractivity contribution in [3.8, 4) is 0 Å². The summed E-state index contributed by atoms with van der Waals surface area (Å²) >= 11 is 0. The Balaban J connectivity index is 2.71. The van der Waals surface area contributed by atoms with Crippen molar-refractivity contribution in [2.24, 2.45) is 10.7 Å². The molecule has 0 saturated carbocycles. The van der Waals surface area contributed by atoms with E-state index < -0.39 is 4.92 Å². The van der Waals surface area contributed by atoms with Gasteiger partial charge in [-0.3, -0.25) is 10.1 Å². The van der Waals surface area contributed by atoms with Crippen molar-refractivity contribution in [2.75, 3.05) is 6.54 Å². The molecule has 0 radical (unpaired) electrons. The van der Waals surface area contributed by atoms with E-state index in [0.29, 0.717) is 19.0 Å². The van der Waals surface area contributed by atoms with Gasteiger partial charge in [-0.25, -0.2) is 4.99 Å². The lowest BCUT2D eigenvalue weighted by molar-refractivity contribution is -0.384. The van der Waals surface area contributed by atoms with Crippen molar-refractivity contribution in [3.63, 3.8) is 0 Å². The highest BCUT2D eigenvalue weighted by molar-refractivity contribution is 5.77. The standard InChI is InChI=1S/C10H14N4O2/c1-2-12-10(11)13-7-8-4-3-5-9(6-8)14(15)16/h3-6H,2,7H2,1H3,(H3,11,12,13). The van der Waals surface area contributed by atoms with Crippen molar-refractivity contribution in [2.45, 2.75) is 13.5 Å². The van der Waals surface area contributed by atoms with Gasteiger partial charge in [0.05, 0.1) is 11.5 Å². The van der Waals surface area contributed by atoms with Crippen LogP contribution in [-0.4, -0.2) is 17.4 Å². The van der Waals surface area contributed by atoms with Crippen molar-refractivity contribution < 1.29 is 4.92 Å². The zero-order chi connectivity index (χ0) is 12.0. The van der Waals surface area contributed by atoms with Gasteiger partial charge in [0.25, 0.3) is 5.69 Å². The smallest absolute Gasteiger partial charge is 0.269 e. The van der Waals surface area contributed by atoms with Gasteiger partial charge in [0, 0.05) is 18.7 Å². The van der Waals surface area contributed by atoms with Crippen LogP contribution in [0.15, 0.2) is 29.3 Å². The molecule has 3 N–H and O–H groups in total. The second kappa shape index (κ2) is 5.69. The van der Waals surface area contributed by atoms with Crippen LogP contribution in [0.1, 0.15) is 12.5 Å². The van der Waals surface area contributed by atoms with E-state index in [1.807, 2.05) is 6.92 Å². The molecule has 1 aromatic carbocycles. The average Bonchev–Trinajstić information content (AvgIpc) is 2.27. The Morgan fingerprint density at radius 3 is 3.00 bits per heavy atom. The molecule has 0 saturated heterocycles. The molecule has 0 aliphatic carbocycles. The second-order valence-corrected chi connectivity index (χ2v) is 3.16. The lowest BCUT2D eigenvalue weighted by Gasteiger charge is -2.01. The second-order valence-electron chi connectivity index (χ2n) is 3.16. The van der Waals surface area contributed by atoms with Crippen LogP contribution >= 0.6 is 0 Å². The number of hydrogen-bond acceptors (Lipinski definition) is 3. The molecule has 6 heteroatoms. The number of nitro groups is 1. The molecule has 6 nitrogen and oxygen atoms in total. The minimum absolute atomic E-state index is 0.0646. The van der Waals surface area contributed by atoms with Gasteiger partial charge in [-0.05, 0) is 12.5 Å². The maximum Gasteiger partial charge on any atom is 0.269 e. The fourth-order valence-electron chi connectivity index (χ4n) is 1.18. The van der Waals surface area contributed by atoms with Crippen LogP contribution < -0.4 is 11.1 Å². The zero-order valence-electron chi connectivity index (χ0n) is 9.01. The molecule has 0 spiro atoms. The monoisotopic (exact) mass is 222 g/mol. The van der Waals surface area contributed by atoms with E-state index in [2.05, 4.69) is 10.3 Å². The lowest BCUT2D eigenvalue weighted by Crippen LogP contribution is -2.31. The maximum absolute atomic E-state index is 10.5. The number of guanidine groups is 1. The van der Waals surface area contributed by atoms with Gasteiger partial charge in [-0.2, -0.15) is 0 Å². The van der Waals surface area contributed by atoms with E-state index in [4.69, 9.17) is 5.73 Å². The van der Waals surface area contributed by atoms with Crippen LogP contribution in [0.4, 0.5) is 5.69 Å². The van der Waals surface area contributed by atoms with Gasteiger partial charge in [0.2, 0.25) is 0 Å². The van der Waals surface area contributed by atoms with Crippen LogP contribution in [0.2, 0.25) is 0 Å². The van der Waals surface area contributed by atoms with E-state index >= 15 is 0 Å². The minimum atomic E-state index is -0.430. The highest BCUT2D eigenvalue weighted by Gasteiger charge is 2.04. The highest BCUT2D eigenvalue weighted by atomic mass is 16.6. The van der Waals surface area contributed by atoms with Crippen LogP contribution in [0.5, 0.6) is 0 Å². The molecule has 0 bridgehead atoms. The van der Waals surface area contributed by atoms with Gasteiger partial charge in [-0.1, -0.05) is 12.1 Å². The Labute approximate surface area is 93.3 Å². The zero-order valence-corrected chi connectivity index (χ0v) is 9.01. The minimum Gasteiger partial charge on any atom is -0.370 e. The topological polar surface area (TPSA) is 93.5 Å². The Kier molecular flexibility index (Phi) is 4.26. The summed E-state index contributed by atoms with van der Waals surface area (Å²) in [7, 11) is 0. The SMILES string of the molecule is CCNC(N)=NCc1cccc([N+](=O)[O-])c1. The summed E-state index contributed by atoms with van der Waals surface area (Å²) in [5.41, 5.74) is 6.36. The number of hydrogen-bond donors (Lipinski definition) is 2. The number of non-ortho nitro benzene ring substituents is 1. The molecule has 0 fully saturated rings. The number of rotatable bonds is 4. The third-order valence-electron chi connectivity index (χ3n) is 1.91. The third-order valence-corrected chi connectivity index (χ3v) is 1.91. The molecule has 0 aliphatic heterocycles. The first-order valence-electron chi connectivity index (χ1n) is 4.90. The molecule has 0 amide bonds. The number of aliphatic imine (C=N–C) groups is 1. The van der Waals surface area contributed by atoms with Crippen LogP contribution in [0.3, 0.4) is 0 Å². The molecule has 1 rings (SSSR count). The Morgan fingerprint density at radius 2 is 2.38 bits per heavy atom. The summed E-state index contributed by atoms with van der Waals surface area (Å²) < 4.78 is 0. The van der Waals surface area contributed by atoms with Gasteiger partial charge < -0.3 is 11.1 Å². The molecule has 0 heterocycles. The van der Waals surface area contributed by atoms with E-state index in [-0.39, 0.29) is 5.69 Å². The lowest BCUT2D eigenvalue weighted by atomic mass is 10.2. The number of nitrogens with zero attached hydrogens (tertiary/aromatic N) is 2. The summed E-state index contributed by atoms with van der Waals surface area (Å²) in [6, 6.07) is 6.34. The van der Waals surface area contributed by atoms with Crippen molar-refractivity contribution in [3.05, 3.63) is 39.9 Å². The number of nitro benzene ring substituents is 1. The molecule has 1 aromatic rings. The first-order valence-corrected chi connectivity index (χ1v) is 4.90. The largest absolute Gasteiger partial charge is 0.370 e. The molecule has 16 heavy (non-hydrogen) atoms. The molecule has 0 aromatic heterocycles.